The van der Waals surface area contributed by atoms with Crippen LogP contribution >= 0.6 is 11.6 Å². The number of nitriles is 1. The van der Waals surface area contributed by atoms with Crippen molar-refractivity contribution in [3.63, 3.8) is 0 Å². The lowest BCUT2D eigenvalue weighted by Crippen LogP contribution is -3.29. The molecule has 0 aromatic heterocycles. The molecule has 5 nitrogen and oxygen atoms in total. The molecule has 0 saturated carbocycles. The number of carbonyl (C=O) groups excluding carboxylic acids is 1. The first-order chi connectivity index (χ1) is 13.0. The Labute approximate surface area is 165 Å². The minimum Gasteiger partial charge on any atom is -0.322 e. The smallest absolute Gasteiger partial charge is 0.282 e. The molecule has 1 heterocycles. The second-order valence-corrected chi connectivity index (χ2v) is 7.55. The Morgan fingerprint density at radius 3 is 2.52 bits per heavy atom. The van der Waals surface area contributed by atoms with Crippen molar-refractivity contribution in [1.82, 2.24) is 0 Å². The van der Waals surface area contributed by atoms with Gasteiger partial charge in [-0.1, -0.05) is 23.7 Å². The number of hydrogen-bond donors (Lipinski definition) is 3. The van der Waals surface area contributed by atoms with Crippen LogP contribution in [0, 0.1) is 11.3 Å². The number of piperazine rings is 1. The summed E-state index contributed by atoms with van der Waals surface area (Å²) in [6, 6.07) is 17.0. The van der Waals surface area contributed by atoms with E-state index in [-0.39, 0.29) is 11.9 Å². The molecule has 0 unspecified atom stereocenters. The number of benzene rings is 2. The van der Waals surface area contributed by atoms with Crippen molar-refractivity contribution < 1.29 is 14.6 Å². The summed E-state index contributed by atoms with van der Waals surface area (Å²) in [7, 11) is 0. The van der Waals surface area contributed by atoms with Gasteiger partial charge in [0.1, 0.15) is 32.7 Å². The van der Waals surface area contributed by atoms with Gasteiger partial charge in [-0.3, -0.25) is 4.79 Å². The van der Waals surface area contributed by atoms with E-state index in [4.69, 9.17) is 16.9 Å². The summed E-state index contributed by atoms with van der Waals surface area (Å²) in [5.74, 6) is 0.0213. The molecule has 0 bridgehead atoms. The van der Waals surface area contributed by atoms with Crippen molar-refractivity contribution in [2.45, 2.75) is 19.5 Å². The SMILES string of the molecule is C[C@@H](C(=O)Nc1ccc(C#N)cc1)[NH+]1CC[NH+](Cc2cccc(Cl)c2)CC1. The van der Waals surface area contributed by atoms with Crippen LogP contribution in [0.15, 0.2) is 48.5 Å². The Morgan fingerprint density at radius 2 is 1.89 bits per heavy atom. The van der Waals surface area contributed by atoms with Crippen molar-refractivity contribution in [2.24, 2.45) is 0 Å². The number of halogens is 1. The maximum Gasteiger partial charge on any atom is 0.282 e. The molecule has 27 heavy (non-hydrogen) atoms. The van der Waals surface area contributed by atoms with Gasteiger partial charge in [0.2, 0.25) is 0 Å². The van der Waals surface area contributed by atoms with Gasteiger partial charge in [-0.05, 0) is 43.3 Å². The minimum absolute atomic E-state index is 0.0213. The lowest BCUT2D eigenvalue weighted by atomic mass is 10.1. The molecule has 140 valence electrons. The first-order valence-corrected chi connectivity index (χ1v) is 9.66. The fourth-order valence-corrected chi connectivity index (χ4v) is 3.75. The van der Waals surface area contributed by atoms with E-state index < -0.39 is 0 Å². The number of anilines is 1. The molecule has 2 aromatic rings. The highest BCUT2D eigenvalue weighted by atomic mass is 35.5. The number of carbonyl (C=O) groups is 1. The third-order valence-electron chi connectivity index (χ3n) is 5.23. The highest BCUT2D eigenvalue weighted by Gasteiger charge is 2.31. The molecule has 1 atom stereocenters. The average molecular weight is 385 g/mol. The van der Waals surface area contributed by atoms with E-state index in [2.05, 4.69) is 17.5 Å². The van der Waals surface area contributed by atoms with Crippen LogP contribution in [0.2, 0.25) is 5.02 Å². The third kappa shape index (κ3) is 5.30. The van der Waals surface area contributed by atoms with E-state index in [1.165, 1.54) is 15.4 Å². The average Bonchev–Trinajstić information content (AvgIpc) is 2.68. The molecular formula is C21H25ClN4O+2. The van der Waals surface area contributed by atoms with Crippen LogP contribution in [0.3, 0.4) is 0 Å². The van der Waals surface area contributed by atoms with E-state index in [1.807, 2.05) is 25.1 Å². The van der Waals surface area contributed by atoms with E-state index in [9.17, 15) is 4.79 Å². The monoisotopic (exact) mass is 384 g/mol. The van der Waals surface area contributed by atoms with Crippen molar-refractivity contribution in [1.29, 1.82) is 5.26 Å². The minimum atomic E-state index is -0.103. The van der Waals surface area contributed by atoms with Crippen LogP contribution < -0.4 is 15.1 Å². The summed E-state index contributed by atoms with van der Waals surface area (Å²) in [6.07, 6.45) is 0. The van der Waals surface area contributed by atoms with Gasteiger partial charge >= 0.3 is 0 Å². The Balaban J connectivity index is 1.49. The topological polar surface area (TPSA) is 61.8 Å². The van der Waals surface area contributed by atoms with E-state index in [1.54, 1.807) is 24.3 Å². The summed E-state index contributed by atoms with van der Waals surface area (Å²) >= 11 is 6.07. The van der Waals surface area contributed by atoms with Crippen LogP contribution in [-0.4, -0.2) is 38.1 Å². The Hall–Kier alpha value is -2.39. The number of nitrogens with zero attached hydrogens (tertiary/aromatic N) is 1. The number of nitrogens with one attached hydrogen (secondary N) is 3. The second kappa shape index (κ2) is 9.01. The van der Waals surface area contributed by atoms with Gasteiger partial charge in [-0.15, -0.1) is 0 Å². The lowest BCUT2D eigenvalue weighted by Gasteiger charge is -2.32. The quantitative estimate of drug-likeness (QED) is 0.704. The third-order valence-corrected chi connectivity index (χ3v) is 5.46. The second-order valence-electron chi connectivity index (χ2n) is 7.12. The normalized spacial score (nSPS) is 20.5. The van der Waals surface area contributed by atoms with Gasteiger partial charge in [0.15, 0.2) is 6.04 Å². The van der Waals surface area contributed by atoms with Gasteiger partial charge in [0.05, 0.1) is 11.6 Å². The highest BCUT2D eigenvalue weighted by molar-refractivity contribution is 6.30. The maximum absolute atomic E-state index is 12.6. The molecule has 1 amide bonds. The molecule has 1 aliphatic heterocycles. The molecule has 0 spiro atoms. The van der Waals surface area contributed by atoms with Gasteiger partial charge in [-0.25, -0.2) is 0 Å². The molecule has 6 heteroatoms. The summed E-state index contributed by atoms with van der Waals surface area (Å²) in [5.41, 5.74) is 2.58. The van der Waals surface area contributed by atoms with Crippen LogP contribution in [-0.2, 0) is 11.3 Å². The molecule has 0 aliphatic carbocycles. The van der Waals surface area contributed by atoms with Crippen molar-refractivity contribution in [3.8, 4) is 6.07 Å². The molecule has 1 fully saturated rings. The standard InChI is InChI=1S/C21H23ClN4O/c1-16(21(27)24-20-7-5-17(14-23)6-8-20)26-11-9-25(10-12-26)15-18-3-2-4-19(22)13-18/h2-8,13,16H,9-12,15H2,1H3,(H,24,27)/p+2/t16-/m0/s1. The van der Waals surface area contributed by atoms with Gasteiger partial charge in [0, 0.05) is 16.3 Å². The van der Waals surface area contributed by atoms with Crippen LogP contribution in [0.25, 0.3) is 0 Å². The van der Waals surface area contributed by atoms with Crippen LogP contribution in [0.4, 0.5) is 5.69 Å². The number of amides is 1. The number of quaternary nitrogens is 2. The van der Waals surface area contributed by atoms with Gasteiger partial charge in [-0.2, -0.15) is 5.26 Å². The predicted octanol–water partition coefficient (Wildman–Crippen LogP) is 0.522. The Morgan fingerprint density at radius 1 is 1.19 bits per heavy atom. The lowest BCUT2D eigenvalue weighted by molar-refractivity contribution is -1.02. The largest absolute Gasteiger partial charge is 0.322 e. The predicted molar refractivity (Wildman–Crippen MR) is 106 cm³/mol. The maximum atomic E-state index is 12.6. The molecule has 0 radical (unpaired) electrons. The van der Waals surface area contributed by atoms with Crippen molar-refractivity contribution in [2.75, 3.05) is 31.5 Å². The van der Waals surface area contributed by atoms with E-state index in [0.29, 0.717) is 5.56 Å². The van der Waals surface area contributed by atoms with Crippen molar-refractivity contribution in [3.05, 3.63) is 64.7 Å². The molecule has 3 N–H and O–H groups in total. The summed E-state index contributed by atoms with van der Waals surface area (Å²) < 4.78 is 0. The zero-order valence-corrected chi connectivity index (χ0v) is 16.2. The molecule has 1 saturated heterocycles. The van der Waals surface area contributed by atoms with Crippen LogP contribution in [0.1, 0.15) is 18.1 Å². The molecule has 2 aromatic carbocycles. The number of hydrogen-bond acceptors (Lipinski definition) is 2. The first kappa shape index (κ1) is 19.4. The van der Waals surface area contributed by atoms with Crippen LogP contribution in [0.5, 0.6) is 0 Å². The fraction of sp³-hybridized carbons (Fsp3) is 0.333. The fourth-order valence-electron chi connectivity index (χ4n) is 3.53. The van der Waals surface area contributed by atoms with Gasteiger partial charge < -0.3 is 15.1 Å². The molecule has 3 rings (SSSR count). The van der Waals surface area contributed by atoms with Gasteiger partial charge in [0.25, 0.3) is 5.91 Å². The summed E-state index contributed by atoms with van der Waals surface area (Å²) in [4.78, 5) is 15.4. The molecule has 1 aliphatic rings. The van der Waals surface area contributed by atoms with E-state index in [0.717, 1.165) is 43.4 Å². The Kier molecular flexibility index (Phi) is 6.46. The zero-order chi connectivity index (χ0) is 19.2. The summed E-state index contributed by atoms with van der Waals surface area (Å²) in [5, 5.41) is 12.6. The highest BCUT2D eigenvalue weighted by Crippen LogP contribution is 2.10. The summed E-state index contributed by atoms with van der Waals surface area (Å²) in [6.45, 7) is 6.97. The van der Waals surface area contributed by atoms with Crippen molar-refractivity contribution >= 4 is 23.2 Å². The molecular weight excluding hydrogens is 360 g/mol. The number of rotatable bonds is 5. The van der Waals surface area contributed by atoms with E-state index >= 15 is 0 Å². The Bertz CT molecular complexity index is 823. The zero-order valence-electron chi connectivity index (χ0n) is 15.5. The first-order valence-electron chi connectivity index (χ1n) is 9.29.